The third-order valence-electron chi connectivity index (χ3n) is 2.03. The number of thiocarbonyl (C=S) groups is 1. The van der Waals surface area contributed by atoms with Crippen LogP contribution in [-0.2, 0) is 6.54 Å². The summed E-state index contributed by atoms with van der Waals surface area (Å²) in [6.45, 7) is 2.52. The highest BCUT2D eigenvalue weighted by Crippen LogP contribution is 2.00. The van der Waals surface area contributed by atoms with Gasteiger partial charge in [0.1, 0.15) is 11.3 Å². The zero-order chi connectivity index (χ0) is 11.5. The van der Waals surface area contributed by atoms with Crippen LogP contribution in [-0.4, -0.2) is 24.7 Å². The first-order valence-corrected chi connectivity index (χ1v) is 5.18. The van der Waals surface area contributed by atoms with E-state index in [4.69, 9.17) is 18.0 Å². The molecule has 0 aliphatic heterocycles. The van der Waals surface area contributed by atoms with Crippen molar-refractivity contribution in [3.8, 4) is 0 Å². The van der Waals surface area contributed by atoms with Crippen molar-refractivity contribution >= 4 is 17.2 Å². The van der Waals surface area contributed by atoms with Crippen LogP contribution in [0.2, 0.25) is 0 Å². The molecule has 0 aliphatic carbocycles. The van der Waals surface area contributed by atoms with Gasteiger partial charge in [-0.1, -0.05) is 18.3 Å². The molecule has 6 heteroatoms. The largest absolute Gasteiger partial charge is 0.387 e. The standard InChI is InChI=1S/C10H11N5S/c1-7-3-2-4-8(13-7)5-15-6-12-10(14-15)9(11)16/h2-4,6H,5H2,1H3,(H2,11,16). The molecule has 16 heavy (non-hydrogen) atoms. The molecule has 0 aliphatic rings. The number of nitrogens with two attached hydrogens (primary N) is 1. The van der Waals surface area contributed by atoms with Gasteiger partial charge in [-0.05, 0) is 19.1 Å². The summed E-state index contributed by atoms with van der Waals surface area (Å²) in [5, 5.41) is 4.13. The molecule has 2 aromatic rings. The Hall–Kier alpha value is -1.82. The second-order valence-corrected chi connectivity index (χ2v) is 3.84. The fourth-order valence-electron chi connectivity index (χ4n) is 1.34. The van der Waals surface area contributed by atoms with Gasteiger partial charge in [-0.25, -0.2) is 9.67 Å². The quantitative estimate of drug-likeness (QED) is 0.789. The molecular weight excluding hydrogens is 222 g/mol. The summed E-state index contributed by atoms with van der Waals surface area (Å²) < 4.78 is 1.66. The molecule has 82 valence electrons. The zero-order valence-corrected chi connectivity index (χ0v) is 9.61. The molecule has 0 saturated heterocycles. The Labute approximate surface area is 98.3 Å². The molecule has 0 spiro atoms. The summed E-state index contributed by atoms with van der Waals surface area (Å²) in [7, 11) is 0. The molecule has 0 atom stereocenters. The van der Waals surface area contributed by atoms with Gasteiger partial charge in [-0.15, -0.1) is 5.10 Å². The maximum absolute atomic E-state index is 5.42. The molecule has 0 saturated carbocycles. The lowest BCUT2D eigenvalue weighted by Gasteiger charge is -2.00. The fraction of sp³-hybridized carbons (Fsp3) is 0.200. The average molecular weight is 233 g/mol. The van der Waals surface area contributed by atoms with Crippen molar-refractivity contribution in [1.82, 2.24) is 19.7 Å². The molecule has 0 aromatic carbocycles. The normalized spacial score (nSPS) is 10.3. The van der Waals surface area contributed by atoms with Crippen LogP contribution in [0.5, 0.6) is 0 Å². The van der Waals surface area contributed by atoms with Crippen molar-refractivity contribution in [2.45, 2.75) is 13.5 Å². The molecular formula is C10H11N5S. The molecule has 0 bridgehead atoms. The maximum atomic E-state index is 5.42. The van der Waals surface area contributed by atoms with E-state index in [1.807, 2.05) is 25.1 Å². The van der Waals surface area contributed by atoms with Gasteiger partial charge in [0.2, 0.25) is 5.82 Å². The Kier molecular flexibility index (Phi) is 2.91. The van der Waals surface area contributed by atoms with Gasteiger partial charge < -0.3 is 5.73 Å². The van der Waals surface area contributed by atoms with Gasteiger partial charge in [-0.3, -0.25) is 4.98 Å². The van der Waals surface area contributed by atoms with E-state index in [1.165, 1.54) is 0 Å². The Balaban J connectivity index is 2.17. The predicted octanol–water partition coefficient (Wildman–Crippen LogP) is 0.664. The van der Waals surface area contributed by atoms with Gasteiger partial charge >= 0.3 is 0 Å². The van der Waals surface area contributed by atoms with Gasteiger partial charge in [0, 0.05) is 5.69 Å². The Morgan fingerprint density at radius 3 is 2.94 bits per heavy atom. The first-order chi connectivity index (χ1) is 7.65. The van der Waals surface area contributed by atoms with Crippen LogP contribution < -0.4 is 5.73 Å². The van der Waals surface area contributed by atoms with E-state index in [0.717, 1.165) is 11.4 Å². The zero-order valence-electron chi connectivity index (χ0n) is 8.79. The molecule has 2 heterocycles. The molecule has 2 rings (SSSR count). The molecule has 2 aromatic heterocycles. The molecule has 0 unspecified atom stereocenters. The number of hydrogen-bond acceptors (Lipinski definition) is 4. The SMILES string of the molecule is Cc1cccc(Cn2cnc(C(N)=S)n2)n1. The van der Waals surface area contributed by atoms with Crippen molar-refractivity contribution < 1.29 is 0 Å². The summed E-state index contributed by atoms with van der Waals surface area (Å²) in [4.78, 5) is 8.57. The van der Waals surface area contributed by atoms with Crippen molar-refractivity contribution in [3.63, 3.8) is 0 Å². The van der Waals surface area contributed by atoms with E-state index >= 15 is 0 Å². The van der Waals surface area contributed by atoms with Crippen LogP contribution in [0, 0.1) is 6.92 Å². The lowest BCUT2D eigenvalue weighted by atomic mass is 10.3. The Morgan fingerprint density at radius 1 is 1.50 bits per heavy atom. The minimum absolute atomic E-state index is 0.205. The van der Waals surface area contributed by atoms with Gasteiger partial charge in [-0.2, -0.15) is 0 Å². The smallest absolute Gasteiger partial charge is 0.208 e. The topological polar surface area (TPSA) is 69.6 Å². The van der Waals surface area contributed by atoms with E-state index in [9.17, 15) is 0 Å². The first-order valence-electron chi connectivity index (χ1n) is 4.77. The van der Waals surface area contributed by atoms with Crippen molar-refractivity contribution in [2.24, 2.45) is 5.73 Å². The lowest BCUT2D eigenvalue weighted by Crippen LogP contribution is -2.12. The van der Waals surface area contributed by atoms with E-state index in [-0.39, 0.29) is 4.99 Å². The summed E-state index contributed by atoms with van der Waals surface area (Å²) in [6.07, 6.45) is 1.60. The minimum atomic E-state index is 0.205. The lowest BCUT2D eigenvalue weighted by molar-refractivity contribution is 0.668. The highest BCUT2D eigenvalue weighted by atomic mass is 32.1. The van der Waals surface area contributed by atoms with E-state index in [1.54, 1.807) is 11.0 Å². The molecule has 0 amide bonds. The van der Waals surface area contributed by atoms with Crippen molar-refractivity contribution in [1.29, 1.82) is 0 Å². The van der Waals surface area contributed by atoms with E-state index in [2.05, 4.69) is 15.1 Å². The fourth-order valence-corrected chi connectivity index (χ4v) is 1.43. The number of nitrogens with zero attached hydrogens (tertiary/aromatic N) is 4. The van der Waals surface area contributed by atoms with Gasteiger partial charge in [0.05, 0.1) is 12.2 Å². The summed E-state index contributed by atoms with van der Waals surface area (Å²) in [5.74, 6) is 0.391. The summed E-state index contributed by atoms with van der Waals surface area (Å²) >= 11 is 4.78. The Bertz CT molecular complexity index is 519. The molecule has 0 fully saturated rings. The summed E-state index contributed by atoms with van der Waals surface area (Å²) in [6, 6.07) is 5.85. The number of hydrogen-bond donors (Lipinski definition) is 1. The number of rotatable bonds is 3. The van der Waals surface area contributed by atoms with Crippen LogP contribution >= 0.6 is 12.2 Å². The number of aromatic nitrogens is 4. The minimum Gasteiger partial charge on any atom is -0.387 e. The third-order valence-corrected chi connectivity index (χ3v) is 2.21. The molecule has 2 N–H and O–H groups in total. The van der Waals surface area contributed by atoms with Gasteiger partial charge in [0.15, 0.2) is 0 Å². The number of pyridine rings is 1. The Morgan fingerprint density at radius 2 is 2.31 bits per heavy atom. The van der Waals surface area contributed by atoms with Crippen molar-refractivity contribution in [2.75, 3.05) is 0 Å². The summed E-state index contributed by atoms with van der Waals surface area (Å²) in [5.41, 5.74) is 7.33. The van der Waals surface area contributed by atoms with Crippen LogP contribution in [0.4, 0.5) is 0 Å². The molecule has 5 nitrogen and oxygen atoms in total. The van der Waals surface area contributed by atoms with Crippen LogP contribution in [0.25, 0.3) is 0 Å². The van der Waals surface area contributed by atoms with Crippen LogP contribution in [0.1, 0.15) is 17.2 Å². The second kappa shape index (κ2) is 4.36. The van der Waals surface area contributed by atoms with E-state index in [0.29, 0.717) is 12.4 Å². The predicted molar refractivity (Wildman–Crippen MR) is 64.0 cm³/mol. The van der Waals surface area contributed by atoms with Crippen molar-refractivity contribution in [3.05, 3.63) is 41.7 Å². The molecule has 0 radical (unpaired) electrons. The van der Waals surface area contributed by atoms with Crippen LogP contribution in [0.15, 0.2) is 24.5 Å². The third kappa shape index (κ3) is 2.40. The number of aryl methyl sites for hydroxylation is 1. The monoisotopic (exact) mass is 233 g/mol. The second-order valence-electron chi connectivity index (χ2n) is 3.40. The van der Waals surface area contributed by atoms with Crippen LogP contribution in [0.3, 0.4) is 0 Å². The highest BCUT2D eigenvalue weighted by molar-refractivity contribution is 7.80. The first kappa shape index (κ1) is 10.7. The van der Waals surface area contributed by atoms with E-state index < -0.39 is 0 Å². The maximum Gasteiger partial charge on any atom is 0.208 e. The van der Waals surface area contributed by atoms with Gasteiger partial charge in [0.25, 0.3) is 0 Å². The highest BCUT2D eigenvalue weighted by Gasteiger charge is 2.04. The average Bonchev–Trinajstić information content (AvgIpc) is 2.66.